The van der Waals surface area contributed by atoms with Crippen molar-refractivity contribution in [3.05, 3.63) is 153 Å². The van der Waals surface area contributed by atoms with E-state index < -0.39 is 38.6 Å². The Kier molecular flexibility index (Phi) is 14.3. The lowest BCUT2D eigenvalue weighted by atomic mass is 9.55. The Morgan fingerprint density at radius 2 is 0.876 bits per heavy atom. The number of benzene rings is 3. The van der Waals surface area contributed by atoms with Gasteiger partial charge in [-0.2, -0.15) is 0 Å². The predicted octanol–water partition coefficient (Wildman–Crippen LogP) is 6.15. The van der Waals surface area contributed by atoms with Crippen LogP contribution in [0.2, 0.25) is 5.02 Å². The fourth-order valence-electron chi connectivity index (χ4n) is 13.7. The van der Waals surface area contributed by atoms with Crippen LogP contribution in [-0.4, -0.2) is 139 Å². The fraction of sp³-hybridized carbons (Fsp3) is 0.422. The van der Waals surface area contributed by atoms with Gasteiger partial charge in [-0.1, -0.05) is 29.8 Å². The summed E-state index contributed by atoms with van der Waals surface area (Å²) in [5, 5.41) is 0.492. The standard InChI is InChI=1S/C22H22ClN3O4.C22H24N4O5.C20H20N4O4/c1-20(2)21(10-28-11-21)22(12-29-19(24)26-22)15-7-13(3-6-18(15)30-20)8-17(27)16-5-4-14(23)9-25-16;1-20(2)21(10-29-11-21)22(12-30-19(23)26-22)14-6-13(4-5-17(14)31-20)7-16(27)15-8-25-18(28-3)9-24-15;1-26-17-9-22-14(8-23-17)15(25)7-12-2-3-16-13(6-12)20(11-28-18(21)24-20)19(4-5-19)10-27-16/h3-7,9H,8,10-12H2,1-2H3,(H2,24,26);4-6,8-9H,7,10-12H2,1-3H3,(H2,23,26);2-3,6,8-9H,4-5,7,10-11H2,1H3,(H2,21,24)/t2*22-;20-/m000/s1. The van der Waals surface area contributed by atoms with E-state index in [4.69, 9.17) is 91.1 Å². The second-order valence-electron chi connectivity index (χ2n) is 24.8. The summed E-state index contributed by atoms with van der Waals surface area (Å²) in [4.78, 5) is 72.9. The minimum absolute atomic E-state index is 0.0643. The molecule has 25 heteroatoms. The molecule has 0 amide bonds. The van der Waals surface area contributed by atoms with Crippen LogP contribution in [0, 0.1) is 16.2 Å². The molecule has 3 fully saturated rings. The van der Waals surface area contributed by atoms with Crippen molar-refractivity contribution in [1.29, 1.82) is 0 Å². The number of carbonyl (C=O) groups excluding carboxylic acids is 3. The predicted molar refractivity (Wildman–Crippen MR) is 321 cm³/mol. The number of hydrogen-bond donors (Lipinski definition) is 3. The molecule has 1 saturated carbocycles. The molecule has 9 aliphatic rings. The summed E-state index contributed by atoms with van der Waals surface area (Å²) < 4.78 is 56.9. The minimum Gasteiger partial charge on any atom is -0.493 e. The lowest BCUT2D eigenvalue weighted by Gasteiger charge is -2.61. The van der Waals surface area contributed by atoms with E-state index in [9.17, 15) is 14.4 Å². The summed E-state index contributed by atoms with van der Waals surface area (Å²) in [5.41, 5.74) is 20.0. The van der Waals surface area contributed by atoms with Gasteiger partial charge in [-0.25, -0.2) is 34.9 Å². The zero-order valence-corrected chi connectivity index (χ0v) is 50.7. The summed E-state index contributed by atoms with van der Waals surface area (Å²) in [7, 11) is 3.00. The van der Waals surface area contributed by atoms with Crippen molar-refractivity contribution in [3.8, 4) is 29.0 Å². The van der Waals surface area contributed by atoms with E-state index in [1.54, 1.807) is 12.1 Å². The van der Waals surface area contributed by atoms with Gasteiger partial charge in [0, 0.05) is 47.6 Å². The topological polar surface area (TPSA) is 323 Å². The van der Waals surface area contributed by atoms with Gasteiger partial charge in [0.2, 0.25) is 11.8 Å². The highest BCUT2D eigenvalue weighted by Crippen LogP contribution is 2.66. The van der Waals surface area contributed by atoms with Crippen LogP contribution in [0.3, 0.4) is 0 Å². The van der Waals surface area contributed by atoms with E-state index >= 15 is 0 Å². The molecule has 2 saturated heterocycles. The molecule has 6 spiro atoms. The molecule has 3 aromatic heterocycles. The van der Waals surface area contributed by atoms with Crippen LogP contribution in [0.15, 0.2) is 113 Å². The number of hydrogen-bond acceptors (Lipinski definition) is 24. The number of methoxy groups -OCH3 is 2. The Morgan fingerprint density at radius 3 is 1.22 bits per heavy atom. The monoisotopic (exact) mass is 1230 g/mol. The summed E-state index contributed by atoms with van der Waals surface area (Å²) in [6.07, 6.45) is 9.81. The maximum atomic E-state index is 12.8. The van der Waals surface area contributed by atoms with Gasteiger partial charge in [-0.05, 0) is 106 Å². The van der Waals surface area contributed by atoms with Gasteiger partial charge in [0.15, 0.2) is 17.3 Å². The first-order valence-corrected chi connectivity index (χ1v) is 29.4. The molecule has 15 rings (SSSR count). The molecule has 462 valence electrons. The van der Waals surface area contributed by atoms with Crippen LogP contribution in [0.5, 0.6) is 29.0 Å². The Balaban J connectivity index is 0.000000123. The lowest BCUT2D eigenvalue weighted by molar-refractivity contribution is -0.247. The number of rotatable bonds is 11. The molecule has 0 unspecified atom stereocenters. The average Bonchev–Trinajstić information content (AvgIpc) is 1.65. The first-order chi connectivity index (χ1) is 42.6. The summed E-state index contributed by atoms with van der Waals surface area (Å²) >= 11 is 5.87. The van der Waals surface area contributed by atoms with Gasteiger partial charge in [-0.15, -0.1) is 0 Å². The molecule has 1 aliphatic carbocycles. The van der Waals surface area contributed by atoms with Crippen molar-refractivity contribution < 1.29 is 61.8 Å². The number of amidine groups is 3. The first-order valence-electron chi connectivity index (χ1n) is 29.1. The number of nitrogens with two attached hydrogens (primary N) is 3. The fourth-order valence-corrected chi connectivity index (χ4v) is 13.8. The average molecular weight is 1230 g/mol. The quantitative estimate of drug-likeness (QED) is 0.122. The Morgan fingerprint density at radius 1 is 0.472 bits per heavy atom. The number of fused-ring (bicyclic) bond motifs is 9. The van der Waals surface area contributed by atoms with Gasteiger partial charge in [0.25, 0.3) is 18.1 Å². The summed E-state index contributed by atoms with van der Waals surface area (Å²) in [6, 6.07) is 21.1. The highest BCUT2D eigenvalue weighted by atomic mass is 35.5. The van der Waals surface area contributed by atoms with E-state index in [1.807, 2.05) is 82.3 Å². The van der Waals surface area contributed by atoms with E-state index in [-0.39, 0.29) is 65.8 Å². The van der Waals surface area contributed by atoms with Crippen molar-refractivity contribution in [2.45, 2.75) is 87.6 Å². The number of nitrogens with zero attached hydrogens (tertiary/aromatic N) is 8. The molecule has 8 aliphatic heterocycles. The number of pyridine rings is 1. The number of carbonyl (C=O) groups is 3. The van der Waals surface area contributed by atoms with E-state index in [0.717, 1.165) is 57.7 Å². The van der Waals surface area contributed by atoms with Crippen molar-refractivity contribution in [2.24, 2.45) is 48.4 Å². The Hall–Kier alpha value is -9.00. The van der Waals surface area contributed by atoms with Crippen molar-refractivity contribution in [1.82, 2.24) is 24.9 Å². The smallest absolute Gasteiger partial charge is 0.283 e. The molecule has 3 atom stereocenters. The molecule has 0 bridgehead atoms. The molecule has 6 aromatic rings. The lowest BCUT2D eigenvalue weighted by Crippen LogP contribution is -2.71. The number of ketones is 3. The SMILES string of the molecule is CC1(C)Oc2ccc(CC(=O)c3ccc(Cl)cn3)cc2[C@@]2(COC(N)=N2)C12COC2.COc1cnc(C(=O)Cc2ccc3c(c2)[C@@]2(COC(N)=N2)C2(CC2)CO3)cn1.COc1cnc(C(=O)Cc2ccc3c(c2)[C@@]2(COC(N)=N2)C2(COC2)C(C)(C)O3)cn1. The second kappa shape index (κ2) is 21.6. The zero-order valence-electron chi connectivity index (χ0n) is 49.9. The number of aliphatic imine (C=N–C) groups is 3. The zero-order chi connectivity index (χ0) is 62.4. The molecular formula is C64H66ClN11O13. The molecule has 89 heavy (non-hydrogen) atoms. The van der Waals surface area contributed by atoms with E-state index in [1.165, 1.54) is 45.2 Å². The number of ether oxygens (including phenoxy) is 10. The van der Waals surface area contributed by atoms with Gasteiger partial charge in [-0.3, -0.25) is 19.4 Å². The normalized spacial score (nSPS) is 24.4. The summed E-state index contributed by atoms with van der Waals surface area (Å²) in [6.45, 7) is 11.8. The van der Waals surface area contributed by atoms with Gasteiger partial charge in [0.1, 0.15) is 82.0 Å². The second-order valence-corrected chi connectivity index (χ2v) is 25.2. The minimum atomic E-state index is -0.731. The van der Waals surface area contributed by atoms with Gasteiger partial charge in [0.05, 0.1) is 87.9 Å². The largest absolute Gasteiger partial charge is 0.493 e. The first kappa shape index (κ1) is 59.0. The maximum Gasteiger partial charge on any atom is 0.283 e. The van der Waals surface area contributed by atoms with Crippen LogP contribution in [-0.2, 0) is 59.6 Å². The van der Waals surface area contributed by atoms with Gasteiger partial charge >= 0.3 is 0 Å². The van der Waals surface area contributed by atoms with Crippen LogP contribution < -0.4 is 40.9 Å². The van der Waals surface area contributed by atoms with Crippen LogP contribution in [0.1, 0.15) is 105 Å². The molecule has 24 nitrogen and oxygen atoms in total. The van der Waals surface area contributed by atoms with Crippen LogP contribution in [0.4, 0.5) is 0 Å². The third-order valence-electron chi connectivity index (χ3n) is 19.3. The highest BCUT2D eigenvalue weighted by Gasteiger charge is 2.73. The molecular weight excluding hydrogens is 1170 g/mol. The van der Waals surface area contributed by atoms with Crippen LogP contribution >= 0.6 is 11.6 Å². The summed E-state index contributed by atoms with van der Waals surface area (Å²) in [5.74, 6) is 2.59. The van der Waals surface area contributed by atoms with Gasteiger partial charge < -0.3 is 64.6 Å². The van der Waals surface area contributed by atoms with Crippen molar-refractivity contribution in [3.63, 3.8) is 0 Å². The van der Waals surface area contributed by atoms with E-state index in [2.05, 4.69) is 24.9 Å². The Bertz CT molecular complexity index is 3930. The van der Waals surface area contributed by atoms with Crippen molar-refractivity contribution >= 4 is 47.0 Å². The Labute approximate surface area is 516 Å². The third-order valence-corrected chi connectivity index (χ3v) is 19.5. The third kappa shape index (κ3) is 9.59. The maximum absolute atomic E-state index is 12.8. The molecule has 6 N–H and O–H groups in total. The highest BCUT2D eigenvalue weighted by molar-refractivity contribution is 6.30. The van der Waals surface area contributed by atoms with Crippen LogP contribution in [0.25, 0.3) is 0 Å². The number of halogens is 1. The number of Topliss-reactive ketones (excluding diaryl/α,β-unsaturated/α-hetero) is 3. The van der Waals surface area contributed by atoms with Crippen molar-refractivity contribution in [2.75, 3.05) is 67.1 Å². The molecule has 0 radical (unpaired) electrons. The molecule has 3 aromatic carbocycles. The van der Waals surface area contributed by atoms with E-state index in [0.29, 0.717) is 86.8 Å². The molecule has 11 heterocycles. The number of aromatic nitrogens is 5.